The maximum Gasteiger partial charge on any atom is 0.137 e. The zero-order valence-corrected chi connectivity index (χ0v) is 12.3. The fraction of sp³-hybridized carbons (Fsp3) is 0.733. The smallest absolute Gasteiger partial charge is 0.137 e. The van der Waals surface area contributed by atoms with E-state index in [4.69, 9.17) is 0 Å². The number of nitrogens with zero attached hydrogens (tertiary/aromatic N) is 2. The number of hydrogen-bond acceptors (Lipinski definition) is 3. The number of aryl methyl sites for hydroxylation is 1. The van der Waals surface area contributed by atoms with Gasteiger partial charge in [0.15, 0.2) is 0 Å². The van der Waals surface area contributed by atoms with Crippen molar-refractivity contribution in [2.24, 2.45) is 11.8 Å². The van der Waals surface area contributed by atoms with Crippen molar-refractivity contribution < 1.29 is 4.79 Å². The number of piperidine rings is 1. The molecule has 0 saturated carbocycles. The van der Waals surface area contributed by atoms with Crippen LogP contribution in [0.25, 0.3) is 0 Å². The predicted octanol–water partition coefficient (Wildman–Crippen LogP) is 2.55. The number of nitrogens with one attached hydrogen (secondary N) is 1. The van der Waals surface area contributed by atoms with Crippen LogP contribution in [0.5, 0.6) is 0 Å². The summed E-state index contributed by atoms with van der Waals surface area (Å²) < 4.78 is 0. The zero-order valence-electron chi connectivity index (χ0n) is 12.3. The molecule has 106 valence electrons. The maximum absolute atomic E-state index is 12.2. The van der Waals surface area contributed by atoms with Crippen LogP contribution < -0.4 is 0 Å². The molecule has 1 aliphatic heterocycles. The summed E-state index contributed by atoms with van der Waals surface area (Å²) in [6.07, 6.45) is 4.76. The van der Waals surface area contributed by atoms with Gasteiger partial charge < -0.3 is 4.98 Å². The van der Waals surface area contributed by atoms with Gasteiger partial charge in [0, 0.05) is 30.8 Å². The van der Waals surface area contributed by atoms with Crippen LogP contribution in [-0.4, -0.2) is 33.7 Å². The number of likely N-dealkylation sites (tertiary alicyclic amines) is 1. The Balaban J connectivity index is 1.88. The Hall–Kier alpha value is -1.16. The summed E-state index contributed by atoms with van der Waals surface area (Å²) >= 11 is 0. The van der Waals surface area contributed by atoms with E-state index in [2.05, 4.69) is 28.7 Å². The van der Waals surface area contributed by atoms with Crippen molar-refractivity contribution in [2.75, 3.05) is 13.1 Å². The van der Waals surface area contributed by atoms with Gasteiger partial charge in [-0.05, 0) is 32.2 Å². The fourth-order valence-corrected chi connectivity index (χ4v) is 2.79. The van der Waals surface area contributed by atoms with E-state index in [0.29, 0.717) is 11.7 Å². The van der Waals surface area contributed by atoms with E-state index in [9.17, 15) is 4.79 Å². The van der Waals surface area contributed by atoms with E-state index in [1.165, 1.54) is 0 Å². The minimum atomic E-state index is 0.229. The highest BCUT2D eigenvalue weighted by atomic mass is 16.1. The number of Topliss-reactive ketones (excluding diaryl/α,β-unsaturated/α-hetero) is 1. The first-order valence-corrected chi connectivity index (χ1v) is 7.30. The van der Waals surface area contributed by atoms with Crippen LogP contribution in [0, 0.1) is 18.8 Å². The van der Waals surface area contributed by atoms with Gasteiger partial charge in [-0.15, -0.1) is 0 Å². The summed E-state index contributed by atoms with van der Waals surface area (Å²) in [6, 6.07) is 0. The van der Waals surface area contributed by atoms with E-state index in [0.717, 1.165) is 50.4 Å². The monoisotopic (exact) mass is 263 g/mol. The number of rotatable bonds is 5. The molecule has 0 aromatic carbocycles. The number of imidazole rings is 1. The molecule has 4 heteroatoms. The quantitative estimate of drug-likeness (QED) is 0.888. The third-order valence-corrected chi connectivity index (χ3v) is 3.70. The Morgan fingerprint density at radius 1 is 1.58 bits per heavy atom. The Bertz CT molecular complexity index is 425. The molecule has 1 aromatic rings. The summed E-state index contributed by atoms with van der Waals surface area (Å²) in [4.78, 5) is 22.1. The van der Waals surface area contributed by atoms with Gasteiger partial charge in [0.1, 0.15) is 11.6 Å². The Morgan fingerprint density at radius 2 is 2.37 bits per heavy atom. The Morgan fingerprint density at radius 3 is 3.00 bits per heavy atom. The van der Waals surface area contributed by atoms with Crippen molar-refractivity contribution in [3.05, 3.63) is 17.7 Å². The zero-order chi connectivity index (χ0) is 13.8. The largest absolute Gasteiger partial charge is 0.345 e. The van der Waals surface area contributed by atoms with Crippen LogP contribution >= 0.6 is 0 Å². The van der Waals surface area contributed by atoms with Crippen molar-refractivity contribution in [3.8, 4) is 0 Å². The second-order valence-corrected chi connectivity index (χ2v) is 6.15. The van der Waals surface area contributed by atoms with Crippen LogP contribution in [0.4, 0.5) is 0 Å². The third-order valence-electron chi connectivity index (χ3n) is 3.70. The summed E-state index contributed by atoms with van der Waals surface area (Å²) in [5, 5.41) is 0. The van der Waals surface area contributed by atoms with E-state index >= 15 is 0 Å². The molecule has 1 N–H and O–H groups in total. The van der Waals surface area contributed by atoms with E-state index in [-0.39, 0.29) is 5.92 Å². The van der Waals surface area contributed by atoms with Crippen molar-refractivity contribution in [1.29, 1.82) is 0 Å². The van der Waals surface area contributed by atoms with Crippen LogP contribution in [0.2, 0.25) is 0 Å². The molecule has 0 bridgehead atoms. The molecule has 1 unspecified atom stereocenters. The highest BCUT2D eigenvalue weighted by Crippen LogP contribution is 2.21. The molecule has 19 heavy (non-hydrogen) atoms. The summed E-state index contributed by atoms with van der Waals surface area (Å²) in [5.74, 6) is 2.15. The van der Waals surface area contributed by atoms with Crippen LogP contribution in [-0.2, 0) is 11.3 Å². The van der Waals surface area contributed by atoms with Gasteiger partial charge >= 0.3 is 0 Å². The molecule has 0 aliphatic carbocycles. The normalized spacial score (nSPS) is 20.9. The lowest BCUT2D eigenvalue weighted by Crippen LogP contribution is -2.38. The number of H-pyrrole nitrogens is 1. The maximum atomic E-state index is 12.2. The molecule has 2 rings (SSSR count). The van der Waals surface area contributed by atoms with Crippen molar-refractivity contribution >= 4 is 5.78 Å². The van der Waals surface area contributed by atoms with Crippen LogP contribution in [0.3, 0.4) is 0 Å². The third kappa shape index (κ3) is 4.16. The number of hydrogen-bond donors (Lipinski definition) is 1. The van der Waals surface area contributed by atoms with Crippen molar-refractivity contribution in [3.63, 3.8) is 0 Å². The lowest BCUT2D eigenvalue weighted by atomic mass is 9.89. The molecule has 1 aliphatic rings. The van der Waals surface area contributed by atoms with Crippen LogP contribution in [0.1, 0.15) is 44.6 Å². The average Bonchev–Trinajstić information content (AvgIpc) is 2.74. The molecule has 0 spiro atoms. The standard InChI is InChI=1S/C15H25N3O/c1-11(2)7-14(19)13-5-4-6-18(9-13)10-15-16-8-12(3)17-15/h8,11,13H,4-7,9-10H2,1-3H3,(H,16,17). The fourth-order valence-electron chi connectivity index (χ4n) is 2.79. The van der Waals surface area contributed by atoms with Gasteiger partial charge in [0.2, 0.25) is 0 Å². The minimum Gasteiger partial charge on any atom is -0.345 e. The van der Waals surface area contributed by atoms with E-state index in [1.807, 2.05) is 13.1 Å². The first-order valence-electron chi connectivity index (χ1n) is 7.30. The van der Waals surface area contributed by atoms with Gasteiger partial charge in [-0.2, -0.15) is 0 Å². The van der Waals surface area contributed by atoms with Gasteiger partial charge in [-0.25, -0.2) is 4.98 Å². The summed E-state index contributed by atoms with van der Waals surface area (Å²) in [5.41, 5.74) is 1.10. The molecule has 0 amide bonds. The number of aromatic nitrogens is 2. The molecule has 4 nitrogen and oxygen atoms in total. The number of carbonyl (C=O) groups is 1. The molecule has 1 atom stereocenters. The Kier molecular flexibility index (Phi) is 4.75. The van der Waals surface area contributed by atoms with E-state index < -0.39 is 0 Å². The first kappa shape index (κ1) is 14.3. The summed E-state index contributed by atoms with van der Waals surface area (Å²) in [6.45, 7) is 9.05. The average molecular weight is 263 g/mol. The second kappa shape index (κ2) is 6.33. The molecule has 0 radical (unpaired) electrons. The van der Waals surface area contributed by atoms with Gasteiger partial charge in [-0.1, -0.05) is 13.8 Å². The van der Waals surface area contributed by atoms with Crippen molar-refractivity contribution in [1.82, 2.24) is 14.9 Å². The molecule has 2 heterocycles. The van der Waals surface area contributed by atoms with Crippen molar-refractivity contribution in [2.45, 2.75) is 46.6 Å². The van der Waals surface area contributed by atoms with E-state index in [1.54, 1.807) is 0 Å². The summed E-state index contributed by atoms with van der Waals surface area (Å²) in [7, 11) is 0. The number of carbonyl (C=O) groups excluding carboxylic acids is 1. The number of ketones is 1. The van der Waals surface area contributed by atoms with Gasteiger partial charge in [0.05, 0.1) is 6.54 Å². The second-order valence-electron chi connectivity index (χ2n) is 6.15. The molecule has 1 fully saturated rings. The van der Waals surface area contributed by atoms with Crippen LogP contribution in [0.15, 0.2) is 6.20 Å². The lowest BCUT2D eigenvalue weighted by Gasteiger charge is -2.31. The predicted molar refractivity (Wildman–Crippen MR) is 75.8 cm³/mol. The molecule has 1 aromatic heterocycles. The lowest BCUT2D eigenvalue weighted by molar-refractivity contribution is -0.125. The molecular formula is C15H25N3O. The van der Waals surface area contributed by atoms with Gasteiger partial charge in [0.25, 0.3) is 0 Å². The minimum absolute atomic E-state index is 0.229. The Labute approximate surface area is 115 Å². The highest BCUT2D eigenvalue weighted by Gasteiger charge is 2.26. The number of aromatic amines is 1. The molecule has 1 saturated heterocycles. The topological polar surface area (TPSA) is 49.0 Å². The first-order chi connectivity index (χ1) is 9.04. The SMILES string of the molecule is Cc1cnc(CN2CCCC(C(=O)CC(C)C)C2)[nH]1. The van der Waals surface area contributed by atoms with Gasteiger partial charge in [-0.3, -0.25) is 9.69 Å². The highest BCUT2D eigenvalue weighted by molar-refractivity contribution is 5.81. The molecular weight excluding hydrogens is 238 g/mol.